The van der Waals surface area contributed by atoms with Crippen LogP contribution in [0.4, 0.5) is 4.79 Å². The molecule has 0 aliphatic carbocycles. The Morgan fingerprint density at radius 3 is 2.31 bits per heavy atom. The standard InChI is InChI=1S/C7H14N2O7/c10-1-2-3(11)4(12)5(13)6(16-2)8-7(14)9-15/h2-6,10-13,15H,1H2,(H2,8,9,14)/t2-,3-,4+,5-,6-/m1/s1. The fraction of sp³-hybridized carbons (Fsp3) is 0.857. The molecule has 1 aliphatic heterocycles. The first-order chi connectivity index (χ1) is 7.51. The summed E-state index contributed by atoms with van der Waals surface area (Å²) in [4.78, 5) is 10.7. The number of rotatable bonds is 2. The third-order valence-electron chi connectivity index (χ3n) is 2.27. The van der Waals surface area contributed by atoms with E-state index in [0.29, 0.717) is 0 Å². The van der Waals surface area contributed by atoms with Crippen LogP contribution >= 0.6 is 0 Å². The van der Waals surface area contributed by atoms with Crippen LogP contribution < -0.4 is 10.8 Å². The van der Waals surface area contributed by atoms with Gasteiger partial charge in [0.1, 0.15) is 24.4 Å². The maximum Gasteiger partial charge on any atom is 0.340 e. The average molecular weight is 238 g/mol. The Bertz CT molecular complexity index is 249. The molecule has 9 heteroatoms. The highest BCUT2D eigenvalue weighted by Gasteiger charge is 2.43. The predicted octanol–water partition coefficient (Wildman–Crippen LogP) is -3.53. The predicted molar refractivity (Wildman–Crippen MR) is 47.2 cm³/mol. The minimum absolute atomic E-state index is 0.593. The van der Waals surface area contributed by atoms with Crippen LogP contribution in [-0.2, 0) is 4.74 Å². The summed E-state index contributed by atoms with van der Waals surface area (Å²) in [6.45, 7) is -0.593. The zero-order valence-electron chi connectivity index (χ0n) is 8.15. The molecular weight excluding hydrogens is 224 g/mol. The lowest BCUT2D eigenvalue weighted by Crippen LogP contribution is -2.63. The maximum absolute atomic E-state index is 10.7. The molecule has 0 aromatic heterocycles. The van der Waals surface area contributed by atoms with E-state index in [1.807, 2.05) is 5.32 Å². The Morgan fingerprint density at radius 1 is 1.19 bits per heavy atom. The van der Waals surface area contributed by atoms with E-state index in [-0.39, 0.29) is 0 Å². The molecule has 0 bridgehead atoms. The second kappa shape index (κ2) is 5.39. The summed E-state index contributed by atoms with van der Waals surface area (Å²) >= 11 is 0. The summed E-state index contributed by atoms with van der Waals surface area (Å²) in [5, 5.41) is 47.2. The fourth-order valence-corrected chi connectivity index (χ4v) is 1.38. The van der Waals surface area contributed by atoms with Crippen LogP contribution in [0.2, 0.25) is 0 Å². The van der Waals surface area contributed by atoms with Crippen molar-refractivity contribution in [3.05, 3.63) is 0 Å². The Morgan fingerprint density at radius 2 is 1.81 bits per heavy atom. The number of urea groups is 1. The molecule has 0 spiro atoms. The van der Waals surface area contributed by atoms with Gasteiger partial charge in [-0.2, -0.15) is 0 Å². The number of hydroxylamine groups is 1. The van der Waals surface area contributed by atoms with Gasteiger partial charge in [-0.15, -0.1) is 0 Å². The maximum atomic E-state index is 10.7. The molecule has 0 aromatic carbocycles. The first-order valence-electron chi connectivity index (χ1n) is 4.52. The van der Waals surface area contributed by atoms with Crippen molar-refractivity contribution >= 4 is 6.03 Å². The van der Waals surface area contributed by atoms with Gasteiger partial charge in [0.15, 0.2) is 6.23 Å². The van der Waals surface area contributed by atoms with Gasteiger partial charge in [-0.05, 0) is 0 Å². The van der Waals surface area contributed by atoms with Gasteiger partial charge in [-0.1, -0.05) is 0 Å². The molecule has 16 heavy (non-hydrogen) atoms. The Kier molecular flexibility index (Phi) is 4.41. The Hall–Kier alpha value is -0.970. The zero-order valence-corrected chi connectivity index (χ0v) is 8.15. The third-order valence-corrected chi connectivity index (χ3v) is 2.27. The van der Waals surface area contributed by atoms with E-state index in [2.05, 4.69) is 0 Å². The van der Waals surface area contributed by atoms with Crippen LogP contribution in [0.5, 0.6) is 0 Å². The largest absolute Gasteiger partial charge is 0.394 e. The summed E-state index contributed by atoms with van der Waals surface area (Å²) in [5.74, 6) is 0. The first kappa shape index (κ1) is 13.1. The van der Waals surface area contributed by atoms with Crippen molar-refractivity contribution in [1.29, 1.82) is 0 Å². The van der Waals surface area contributed by atoms with Gasteiger partial charge in [0.05, 0.1) is 6.61 Å². The summed E-state index contributed by atoms with van der Waals surface area (Å²) in [6.07, 6.45) is -7.09. The third kappa shape index (κ3) is 2.58. The van der Waals surface area contributed by atoms with Gasteiger partial charge in [0.2, 0.25) is 0 Å². The van der Waals surface area contributed by atoms with Crippen LogP contribution in [0.15, 0.2) is 0 Å². The van der Waals surface area contributed by atoms with Crippen molar-refractivity contribution in [2.24, 2.45) is 0 Å². The number of amides is 2. The minimum Gasteiger partial charge on any atom is -0.394 e. The van der Waals surface area contributed by atoms with E-state index in [1.165, 1.54) is 5.48 Å². The van der Waals surface area contributed by atoms with E-state index in [4.69, 9.17) is 15.1 Å². The lowest BCUT2D eigenvalue weighted by Gasteiger charge is -2.39. The second-order valence-electron chi connectivity index (χ2n) is 3.33. The quantitative estimate of drug-likeness (QED) is 0.194. The van der Waals surface area contributed by atoms with Gasteiger partial charge in [0, 0.05) is 0 Å². The molecular formula is C7H14N2O7. The molecule has 0 unspecified atom stereocenters. The van der Waals surface area contributed by atoms with Crippen LogP contribution in [0.25, 0.3) is 0 Å². The number of carbonyl (C=O) groups excluding carboxylic acids is 1. The van der Waals surface area contributed by atoms with Crippen molar-refractivity contribution in [2.45, 2.75) is 30.6 Å². The van der Waals surface area contributed by atoms with Crippen molar-refractivity contribution < 1.29 is 35.2 Å². The molecule has 1 saturated heterocycles. The molecule has 1 fully saturated rings. The highest BCUT2D eigenvalue weighted by Crippen LogP contribution is 2.19. The molecule has 1 heterocycles. The lowest BCUT2D eigenvalue weighted by molar-refractivity contribution is -0.233. The number of carbonyl (C=O) groups is 1. The number of ether oxygens (including phenoxy) is 1. The van der Waals surface area contributed by atoms with Gasteiger partial charge >= 0.3 is 6.03 Å². The van der Waals surface area contributed by atoms with Gasteiger partial charge < -0.3 is 30.5 Å². The normalized spacial score (nSPS) is 39.2. The van der Waals surface area contributed by atoms with Gasteiger partial charge in [0.25, 0.3) is 0 Å². The number of hydrogen-bond donors (Lipinski definition) is 7. The van der Waals surface area contributed by atoms with Crippen LogP contribution in [0, 0.1) is 0 Å². The first-order valence-corrected chi connectivity index (χ1v) is 4.52. The number of aliphatic hydroxyl groups excluding tert-OH is 4. The highest BCUT2D eigenvalue weighted by molar-refractivity contribution is 5.72. The van der Waals surface area contributed by atoms with Gasteiger partial charge in [-0.25, -0.2) is 10.3 Å². The summed E-state index contributed by atoms with van der Waals surface area (Å²) in [5.41, 5.74) is 1.24. The average Bonchev–Trinajstić information content (AvgIpc) is 2.29. The van der Waals surface area contributed by atoms with E-state index < -0.39 is 43.3 Å². The van der Waals surface area contributed by atoms with E-state index in [1.54, 1.807) is 0 Å². The van der Waals surface area contributed by atoms with Crippen molar-refractivity contribution in [1.82, 2.24) is 10.8 Å². The highest BCUT2D eigenvalue weighted by atomic mass is 16.6. The molecule has 0 aromatic rings. The molecule has 9 nitrogen and oxygen atoms in total. The van der Waals surface area contributed by atoms with E-state index in [9.17, 15) is 20.1 Å². The lowest BCUT2D eigenvalue weighted by atomic mass is 9.98. The summed E-state index contributed by atoms with van der Waals surface area (Å²) < 4.78 is 4.91. The molecule has 1 aliphatic rings. The second-order valence-corrected chi connectivity index (χ2v) is 3.33. The van der Waals surface area contributed by atoms with E-state index >= 15 is 0 Å². The van der Waals surface area contributed by atoms with Crippen molar-refractivity contribution in [3.8, 4) is 0 Å². The summed E-state index contributed by atoms with van der Waals surface area (Å²) in [7, 11) is 0. The number of hydrogen-bond acceptors (Lipinski definition) is 7. The molecule has 0 radical (unpaired) electrons. The van der Waals surface area contributed by atoms with Crippen molar-refractivity contribution in [3.63, 3.8) is 0 Å². The molecule has 2 amide bonds. The monoisotopic (exact) mass is 238 g/mol. The molecule has 0 saturated carbocycles. The van der Waals surface area contributed by atoms with Gasteiger partial charge in [-0.3, -0.25) is 5.21 Å². The Balaban J connectivity index is 2.67. The molecule has 94 valence electrons. The zero-order chi connectivity index (χ0) is 12.3. The van der Waals surface area contributed by atoms with Crippen LogP contribution in [0.1, 0.15) is 0 Å². The molecule has 7 N–H and O–H groups in total. The SMILES string of the molecule is O=C(NO)N[C@@H]1O[C@H](CO)[C@@H](O)[C@H](O)[C@H]1O. The van der Waals surface area contributed by atoms with Crippen LogP contribution in [-0.4, -0.2) is 68.9 Å². The fourth-order valence-electron chi connectivity index (χ4n) is 1.38. The molecule has 1 rings (SSSR count). The summed E-state index contributed by atoms with van der Waals surface area (Å²) in [6, 6.07) is -1.05. The number of nitrogens with one attached hydrogen (secondary N) is 2. The molecule has 5 atom stereocenters. The Labute approximate surface area is 90.2 Å². The minimum atomic E-state index is -1.57. The van der Waals surface area contributed by atoms with E-state index in [0.717, 1.165) is 0 Å². The number of aliphatic hydroxyl groups is 4. The van der Waals surface area contributed by atoms with Crippen molar-refractivity contribution in [2.75, 3.05) is 6.61 Å². The smallest absolute Gasteiger partial charge is 0.340 e. The van der Waals surface area contributed by atoms with Crippen LogP contribution in [0.3, 0.4) is 0 Å². The topological polar surface area (TPSA) is 152 Å².